The van der Waals surface area contributed by atoms with Gasteiger partial charge in [0.2, 0.25) is 0 Å². The number of rotatable bonds is 3. The lowest BCUT2D eigenvalue weighted by molar-refractivity contribution is 0.0902. The lowest BCUT2D eigenvalue weighted by atomic mass is 10.0. The Bertz CT molecular complexity index is 397. The molecule has 1 amide bonds. The summed E-state index contributed by atoms with van der Waals surface area (Å²) in [6.45, 7) is 2.07. The Morgan fingerprint density at radius 2 is 2.06 bits per heavy atom. The van der Waals surface area contributed by atoms with Crippen molar-refractivity contribution in [3.05, 3.63) is 17.8 Å². The Hall–Kier alpha value is -1.69. The minimum absolute atomic E-state index is 0.0937. The molecule has 0 aromatic carbocycles. The molecular formula is C11H17N5O. The fourth-order valence-corrected chi connectivity index (χ4v) is 2.15. The summed E-state index contributed by atoms with van der Waals surface area (Å²) in [5.74, 6) is 5.44. The number of nitrogens with one attached hydrogen (secondary N) is 2. The Morgan fingerprint density at radius 3 is 2.59 bits per heavy atom. The van der Waals surface area contributed by atoms with Crippen molar-refractivity contribution in [3.63, 3.8) is 0 Å². The number of hydrogen-bond donors (Lipinski definition) is 3. The second kappa shape index (κ2) is 4.67. The Labute approximate surface area is 100.0 Å². The molecule has 92 valence electrons. The standard InChI is InChI=1S/C11H17N5O/c1-11(6-2-3-7-11)13-10(17)8-4-5-9(14-12)16-15-8/h4-5H,2-3,6-7,12H2,1H3,(H,13,17)(H,14,16). The highest BCUT2D eigenvalue weighted by atomic mass is 16.2. The number of anilines is 1. The summed E-state index contributed by atoms with van der Waals surface area (Å²) in [4.78, 5) is 11.9. The average Bonchev–Trinajstić information content (AvgIpc) is 2.76. The van der Waals surface area contributed by atoms with Crippen molar-refractivity contribution in [2.24, 2.45) is 5.84 Å². The van der Waals surface area contributed by atoms with Crippen LogP contribution in [0.25, 0.3) is 0 Å². The van der Waals surface area contributed by atoms with E-state index >= 15 is 0 Å². The topological polar surface area (TPSA) is 92.9 Å². The van der Waals surface area contributed by atoms with Gasteiger partial charge in [-0.05, 0) is 31.9 Å². The summed E-state index contributed by atoms with van der Waals surface area (Å²) in [5.41, 5.74) is 2.59. The number of nitrogen functional groups attached to an aromatic ring is 1. The van der Waals surface area contributed by atoms with Crippen LogP contribution in [0.3, 0.4) is 0 Å². The van der Waals surface area contributed by atoms with E-state index in [0.717, 1.165) is 12.8 Å². The molecule has 0 aliphatic heterocycles. The predicted octanol–water partition coefficient (Wildman–Crippen LogP) is 0.825. The van der Waals surface area contributed by atoms with E-state index in [0.29, 0.717) is 11.5 Å². The molecule has 1 aromatic rings. The van der Waals surface area contributed by atoms with E-state index in [2.05, 4.69) is 27.9 Å². The lowest BCUT2D eigenvalue weighted by Crippen LogP contribution is -2.43. The molecule has 1 fully saturated rings. The summed E-state index contributed by atoms with van der Waals surface area (Å²) in [5, 5.41) is 10.6. The van der Waals surface area contributed by atoms with Crippen LogP contribution >= 0.6 is 0 Å². The van der Waals surface area contributed by atoms with Crippen LogP contribution in [0, 0.1) is 0 Å². The van der Waals surface area contributed by atoms with E-state index in [1.807, 2.05) is 0 Å². The van der Waals surface area contributed by atoms with Crippen molar-refractivity contribution in [2.45, 2.75) is 38.1 Å². The van der Waals surface area contributed by atoms with Gasteiger partial charge in [0.15, 0.2) is 11.5 Å². The molecule has 1 aliphatic rings. The van der Waals surface area contributed by atoms with E-state index in [1.54, 1.807) is 12.1 Å². The highest BCUT2D eigenvalue weighted by Crippen LogP contribution is 2.28. The first kappa shape index (κ1) is 11.8. The third kappa shape index (κ3) is 2.71. The maximum Gasteiger partial charge on any atom is 0.272 e. The fourth-order valence-electron chi connectivity index (χ4n) is 2.15. The number of carbonyl (C=O) groups is 1. The number of nitrogens with two attached hydrogens (primary N) is 1. The van der Waals surface area contributed by atoms with Gasteiger partial charge in [-0.3, -0.25) is 4.79 Å². The molecule has 0 atom stereocenters. The van der Waals surface area contributed by atoms with Crippen LogP contribution in [-0.2, 0) is 0 Å². The summed E-state index contributed by atoms with van der Waals surface area (Å²) in [6, 6.07) is 3.23. The molecule has 0 bridgehead atoms. The molecule has 0 unspecified atom stereocenters. The van der Waals surface area contributed by atoms with Crippen LogP contribution in [0.4, 0.5) is 5.82 Å². The van der Waals surface area contributed by atoms with Crippen molar-refractivity contribution in [2.75, 3.05) is 5.43 Å². The molecule has 6 heteroatoms. The van der Waals surface area contributed by atoms with E-state index in [4.69, 9.17) is 5.84 Å². The molecule has 6 nitrogen and oxygen atoms in total. The fraction of sp³-hybridized carbons (Fsp3) is 0.545. The van der Waals surface area contributed by atoms with Gasteiger partial charge in [-0.25, -0.2) is 5.84 Å². The maximum atomic E-state index is 11.9. The molecule has 17 heavy (non-hydrogen) atoms. The second-order valence-electron chi connectivity index (χ2n) is 4.67. The van der Waals surface area contributed by atoms with Gasteiger partial charge >= 0.3 is 0 Å². The van der Waals surface area contributed by atoms with Gasteiger partial charge in [0.1, 0.15) is 0 Å². The first-order valence-electron chi connectivity index (χ1n) is 5.76. The molecule has 0 spiro atoms. The molecule has 1 aromatic heterocycles. The first-order valence-corrected chi connectivity index (χ1v) is 5.76. The SMILES string of the molecule is CC1(NC(=O)c2ccc(NN)nn2)CCCC1. The smallest absolute Gasteiger partial charge is 0.272 e. The van der Waals surface area contributed by atoms with Crippen LogP contribution in [0.15, 0.2) is 12.1 Å². The Morgan fingerprint density at radius 1 is 1.35 bits per heavy atom. The van der Waals surface area contributed by atoms with Crippen molar-refractivity contribution < 1.29 is 4.79 Å². The third-order valence-electron chi connectivity index (χ3n) is 3.17. The van der Waals surface area contributed by atoms with E-state index in [9.17, 15) is 4.79 Å². The summed E-state index contributed by atoms with van der Waals surface area (Å²) >= 11 is 0. The zero-order valence-corrected chi connectivity index (χ0v) is 9.86. The zero-order valence-electron chi connectivity index (χ0n) is 9.86. The van der Waals surface area contributed by atoms with Crippen LogP contribution in [0.5, 0.6) is 0 Å². The van der Waals surface area contributed by atoms with Crippen molar-refractivity contribution >= 4 is 11.7 Å². The number of hydrazine groups is 1. The largest absolute Gasteiger partial charge is 0.345 e. The van der Waals surface area contributed by atoms with Crippen molar-refractivity contribution in [3.8, 4) is 0 Å². The van der Waals surface area contributed by atoms with Crippen LogP contribution in [0.1, 0.15) is 43.1 Å². The molecular weight excluding hydrogens is 218 g/mol. The zero-order chi connectivity index (χ0) is 12.3. The van der Waals surface area contributed by atoms with Crippen LogP contribution < -0.4 is 16.6 Å². The summed E-state index contributed by atoms with van der Waals surface area (Å²) in [6.07, 6.45) is 4.38. The highest BCUT2D eigenvalue weighted by Gasteiger charge is 2.30. The molecule has 1 aliphatic carbocycles. The average molecular weight is 235 g/mol. The van der Waals surface area contributed by atoms with Crippen molar-refractivity contribution in [1.29, 1.82) is 0 Å². The van der Waals surface area contributed by atoms with Gasteiger partial charge < -0.3 is 10.7 Å². The number of hydrogen-bond acceptors (Lipinski definition) is 5. The molecule has 1 heterocycles. The Balaban J connectivity index is 2.03. The second-order valence-corrected chi connectivity index (χ2v) is 4.67. The maximum absolute atomic E-state index is 11.9. The van der Waals surface area contributed by atoms with E-state index < -0.39 is 0 Å². The summed E-state index contributed by atoms with van der Waals surface area (Å²) in [7, 11) is 0. The minimum Gasteiger partial charge on any atom is -0.345 e. The van der Waals surface area contributed by atoms with Gasteiger partial charge in [0, 0.05) is 5.54 Å². The van der Waals surface area contributed by atoms with Gasteiger partial charge in [0.05, 0.1) is 0 Å². The molecule has 2 rings (SSSR count). The normalized spacial score (nSPS) is 17.8. The van der Waals surface area contributed by atoms with Gasteiger partial charge in [-0.15, -0.1) is 10.2 Å². The lowest BCUT2D eigenvalue weighted by Gasteiger charge is -2.24. The number of nitrogens with zero attached hydrogens (tertiary/aromatic N) is 2. The highest BCUT2D eigenvalue weighted by molar-refractivity contribution is 5.92. The molecule has 4 N–H and O–H groups in total. The van der Waals surface area contributed by atoms with Gasteiger partial charge in [-0.1, -0.05) is 12.8 Å². The number of carbonyl (C=O) groups excluding carboxylic acids is 1. The predicted molar refractivity (Wildman–Crippen MR) is 64.2 cm³/mol. The van der Waals surface area contributed by atoms with Gasteiger partial charge in [0.25, 0.3) is 5.91 Å². The van der Waals surface area contributed by atoms with Gasteiger partial charge in [-0.2, -0.15) is 0 Å². The molecule has 1 saturated carbocycles. The quantitative estimate of drug-likeness (QED) is 0.533. The monoisotopic (exact) mass is 235 g/mol. The Kier molecular flexibility index (Phi) is 3.23. The van der Waals surface area contributed by atoms with E-state index in [1.165, 1.54) is 12.8 Å². The van der Waals surface area contributed by atoms with Crippen LogP contribution in [0.2, 0.25) is 0 Å². The third-order valence-corrected chi connectivity index (χ3v) is 3.17. The number of amides is 1. The molecule has 0 radical (unpaired) electrons. The van der Waals surface area contributed by atoms with Crippen LogP contribution in [-0.4, -0.2) is 21.6 Å². The molecule has 0 saturated heterocycles. The van der Waals surface area contributed by atoms with E-state index in [-0.39, 0.29) is 11.4 Å². The van der Waals surface area contributed by atoms with Crippen molar-refractivity contribution in [1.82, 2.24) is 15.5 Å². The summed E-state index contributed by atoms with van der Waals surface area (Å²) < 4.78 is 0. The number of aromatic nitrogens is 2. The first-order chi connectivity index (χ1) is 8.13. The minimum atomic E-state index is -0.175.